The van der Waals surface area contributed by atoms with Crippen LogP contribution in [-0.4, -0.2) is 8.07 Å². The zero-order chi connectivity index (χ0) is 11.3. The molecule has 1 heterocycles. The van der Waals surface area contributed by atoms with Crippen molar-refractivity contribution in [2.75, 3.05) is 0 Å². The van der Waals surface area contributed by atoms with Gasteiger partial charge in [0.15, 0.2) is 0 Å². The van der Waals surface area contributed by atoms with Crippen LogP contribution in [-0.2, 0) is 12.1 Å². The lowest BCUT2D eigenvalue weighted by Gasteiger charge is -2.31. The van der Waals surface area contributed by atoms with Crippen molar-refractivity contribution in [3.8, 4) is 0 Å². The van der Waals surface area contributed by atoms with Crippen LogP contribution in [0.5, 0.6) is 0 Å². The molecule has 0 unspecified atom stereocenters. The van der Waals surface area contributed by atoms with E-state index in [-0.39, 0.29) is 0 Å². The van der Waals surface area contributed by atoms with Gasteiger partial charge in [-0.3, -0.25) is 0 Å². The van der Waals surface area contributed by atoms with Crippen LogP contribution in [0.25, 0.3) is 10.8 Å². The molecular formula is C15H18Si. The monoisotopic (exact) mass is 226 g/mol. The molecule has 1 aliphatic heterocycles. The van der Waals surface area contributed by atoms with Crippen molar-refractivity contribution in [3.63, 3.8) is 0 Å². The summed E-state index contributed by atoms with van der Waals surface area (Å²) in [5, 5.41) is 3.00. The predicted octanol–water partition coefficient (Wildman–Crippen LogP) is 4.03. The Hall–Kier alpha value is -1.08. The molecule has 1 heteroatoms. The summed E-state index contributed by atoms with van der Waals surface area (Å²) in [6.07, 6.45) is 0. The molecule has 0 aliphatic carbocycles. The average molecular weight is 226 g/mol. The summed E-state index contributed by atoms with van der Waals surface area (Å²) < 4.78 is 0. The van der Waals surface area contributed by atoms with Crippen molar-refractivity contribution in [1.29, 1.82) is 0 Å². The van der Waals surface area contributed by atoms with E-state index >= 15 is 0 Å². The fourth-order valence-electron chi connectivity index (χ4n) is 3.07. The van der Waals surface area contributed by atoms with E-state index in [2.05, 4.69) is 50.3 Å². The minimum absolute atomic E-state index is 1.05. The highest BCUT2D eigenvalue weighted by Crippen LogP contribution is 2.34. The molecule has 0 amide bonds. The highest BCUT2D eigenvalue weighted by atomic mass is 28.3. The van der Waals surface area contributed by atoms with Gasteiger partial charge in [-0.1, -0.05) is 43.4 Å². The summed E-state index contributed by atoms with van der Waals surface area (Å²) in [6.45, 7) is 7.30. The minimum Gasteiger partial charge on any atom is -0.0689 e. The lowest BCUT2D eigenvalue weighted by molar-refractivity contribution is 1.16. The zero-order valence-corrected chi connectivity index (χ0v) is 11.3. The van der Waals surface area contributed by atoms with Crippen molar-refractivity contribution in [3.05, 3.63) is 47.0 Å². The van der Waals surface area contributed by atoms with Crippen LogP contribution in [0.2, 0.25) is 13.1 Å². The van der Waals surface area contributed by atoms with E-state index in [1.54, 1.807) is 16.5 Å². The van der Waals surface area contributed by atoms with Gasteiger partial charge < -0.3 is 0 Å². The van der Waals surface area contributed by atoms with Gasteiger partial charge in [0.25, 0.3) is 0 Å². The van der Waals surface area contributed by atoms with Crippen molar-refractivity contribution < 1.29 is 0 Å². The molecule has 2 aromatic carbocycles. The SMILES string of the molecule is Cc1ccc2cccc3c2c1C[Si](C)(C)C3. The molecule has 0 bridgehead atoms. The molecule has 82 valence electrons. The number of aryl methyl sites for hydroxylation is 1. The third-order valence-corrected chi connectivity index (χ3v) is 6.45. The molecule has 3 rings (SSSR count). The van der Waals surface area contributed by atoms with Gasteiger partial charge in [0.05, 0.1) is 8.07 Å². The Labute approximate surface area is 98.3 Å². The molecule has 0 N–H and O–H groups in total. The van der Waals surface area contributed by atoms with Crippen molar-refractivity contribution in [1.82, 2.24) is 0 Å². The molecule has 0 radical (unpaired) electrons. The van der Waals surface area contributed by atoms with Crippen LogP contribution in [0.4, 0.5) is 0 Å². The molecule has 1 aliphatic rings. The molecule has 0 fully saturated rings. The molecule has 0 saturated heterocycles. The van der Waals surface area contributed by atoms with Gasteiger partial charge in [0.1, 0.15) is 0 Å². The highest BCUT2D eigenvalue weighted by Gasteiger charge is 2.29. The Bertz CT molecular complexity index is 567. The fourth-order valence-corrected chi connectivity index (χ4v) is 5.93. The average Bonchev–Trinajstić information content (AvgIpc) is 2.21. The van der Waals surface area contributed by atoms with E-state index < -0.39 is 8.07 Å². The van der Waals surface area contributed by atoms with Gasteiger partial charge in [0, 0.05) is 0 Å². The van der Waals surface area contributed by atoms with Crippen LogP contribution < -0.4 is 0 Å². The molecule has 0 atom stereocenters. The maximum Gasteiger partial charge on any atom is 0.0561 e. The topological polar surface area (TPSA) is 0 Å². The van der Waals surface area contributed by atoms with Gasteiger partial charge in [-0.25, -0.2) is 0 Å². The highest BCUT2D eigenvalue weighted by molar-refractivity contribution is 6.77. The second kappa shape index (κ2) is 3.20. The Morgan fingerprint density at radius 2 is 1.81 bits per heavy atom. The second-order valence-corrected chi connectivity index (χ2v) is 10.9. The van der Waals surface area contributed by atoms with Crippen molar-refractivity contribution in [2.24, 2.45) is 0 Å². The lowest BCUT2D eigenvalue weighted by atomic mass is 9.97. The predicted molar refractivity (Wildman–Crippen MR) is 73.6 cm³/mol. The largest absolute Gasteiger partial charge is 0.0689 e. The Morgan fingerprint density at radius 3 is 2.62 bits per heavy atom. The molecule has 0 aromatic heterocycles. The number of hydrogen-bond donors (Lipinski definition) is 0. The minimum atomic E-state index is -1.05. The van der Waals surface area contributed by atoms with E-state index in [9.17, 15) is 0 Å². The lowest BCUT2D eigenvalue weighted by Crippen LogP contribution is -2.36. The van der Waals surface area contributed by atoms with Crippen LogP contribution in [0.3, 0.4) is 0 Å². The van der Waals surface area contributed by atoms with E-state index in [0.29, 0.717) is 0 Å². The first-order valence-electron chi connectivity index (χ1n) is 6.07. The Morgan fingerprint density at radius 1 is 1.00 bits per heavy atom. The first kappa shape index (κ1) is 10.1. The number of hydrogen-bond acceptors (Lipinski definition) is 0. The summed E-state index contributed by atoms with van der Waals surface area (Å²) in [5.41, 5.74) is 4.72. The summed E-state index contributed by atoms with van der Waals surface area (Å²) in [6, 6.07) is 14.1. The van der Waals surface area contributed by atoms with E-state index in [0.717, 1.165) is 0 Å². The van der Waals surface area contributed by atoms with Crippen LogP contribution in [0.15, 0.2) is 30.3 Å². The standard InChI is InChI=1S/C15H18Si/c1-11-7-8-12-5-4-6-13-9-16(2,3)10-14(11)15(12)13/h4-8H,9-10H2,1-3H3. The maximum atomic E-state index is 2.52. The Kier molecular flexibility index (Phi) is 2.02. The van der Waals surface area contributed by atoms with Crippen LogP contribution in [0, 0.1) is 6.92 Å². The molecule has 2 aromatic rings. The van der Waals surface area contributed by atoms with E-state index in [1.165, 1.54) is 23.0 Å². The van der Waals surface area contributed by atoms with Gasteiger partial charge in [0.2, 0.25) is 0 Å². The molecule has 16 heavy (non-hydrogen) atoms. The first-order chi connectivity index (χ1) is 7.57. The van der Waals surface area contributed by atoms with Gasteiger partial charge in [-0.05, 0) is 46.5 Å². The summed E-state index contributed by atoms with van der Waals surface area (Å²) in [5.74, 6) is 0. The van der Waals surface area contributed by atoms with Crippen LogP contribution in [0.1, 0.15) is 16.7 Å². The van der Waals surface area contributed by atoms with E-state index in [4.69, 9.17) is 0 Å². The van der Waals surface area contributed by atoms with Crippen LogP contribution >= 0.6 is 0 Å². The summed E-state index contributed by atoms with van der Waals surface area (Å²) >= 11 is 0. The number of benzene rings is 2. The Balaban J connectivity index is 2.40. The second-order valence-electron chi connectivity index (χ2n) is 5.89. The third-order valence-electron chi connectivity index (χ3n) is 3.80. The third kappa shape index (κ3) is 1.42. The summed E-state index contributed by atoms with van der Waals surface area (Å²) in [7, 11) is -1.05. The van der Waals surface area contributed by atoms with Gasteiger partial charge in [-0.15, -0.1) is 0 Å². The van der Waals surface area contributed by atoms with Crippen molar-refractivity contribution >= 4 is 18.8 Å². The molecule has 0 nitrogen and oxygen atoms in total. The first-order valence-corrected chi connectivity index (χ1v) is 9.48. The molecule has 0 saturated carbocycles. The quantitative estimate of drug-likeness (QED) is 0.595. The fraction of sp³-hybridized carbons (Fsp3) is 0.333. The normalized spacial score (nSPS) is 17.7. The molecular weight excluding hydrogens is 208 g/mol. The van der Waals surface area contributed by atoms with Gasteiger partial charge in [-0.2, -0.15) is 0 Å². The zero-order valence-electron chi connectivity index (χ0n) is 10.3. The van der Waals surface area contributed by atoms with E-state index in [1.807, 2.05) is 0 Å². The maximum absolute atomic E-state index is 2.52. The smallest absolute Gasteiger partial charge is 0.0561 e. The number of rotatable bonds is 0. The van der Waals surface area contributed by atoms with Gasteiger partial charge >= 0.3 is 0 Å². The molecule has 0 spiro atoms. The van der Waals surface area contributed by atoms with Crippen molar-refractivity contribution in [2.45, 2.75) is 32.1 Å². The summed E-state index contributed by atoms with van der Waals surface area (Å²) in [4.78, 5) is 0.